The Bertz CT molecular complexity index is 750. The third-order valence-electron chi connectivity index (χ3n) is 3.43. The quantitative estimate of drug-likeness (QED) is 0.679. The molecular weight excluding hydrogens is 289 g/mol. The third-order valence-corrected chi connectivity index (χ3v) is 3.62. The number of fused-ring (bicyclic) bond motifs is 1. The average Bonchev–Trinajstić information content (AvgIpc) is 2.86. The fraction of sp³-hybridized carbons (Fsp3) is 0.250. The van der Waals surface area contributed by atoms with E-state index in [-0.39, 0.29) is 11.2 Å². The molecule has 1 unspecified atom stereocenters. The van der Waals surface area contributed by atoms with Crippen molar-refractivity contribution < 1.29 is 4.39 Å². The molecule has 5 heteroatoms. The van der Waals surface area contributed by atoms with Gasteiger partial charge in [-0.2, -0.15) is 0 Å². The molecule has 1 atom stereocenters. The molecule has 3 rings (SSSR count). The number of benzene rings is 1. The number of nitrogens with zero attached hydrogens (tertiary/aromatic N) is 3. The van der Waals surface area contributed by atoms with Crippen molar-refractivity contribution in [3.63, 3.8) is 0 Å². The number of alkyl halides is 1. The number of aromatic nitrogens is 3. The van der Waals surface area contributed by atoms with Gasteiger partial charge in [-0.25, -0.2) is 14.4 Å². The predicted octanol–water partition coefficient (Wildman–Crippen LogP) is 4.11. The minimum absolute atomic E-state index is 0.188. The molecule has 0 aliphatic carbocycles. The van der Waals surface area contributed by atoms with Crippen LogP contribution >= 0.6 is 11.6 Å². The lowest BCUT2D eigenvalue weighted by molar-refractivity contribution is 0.624. The molecule has 0 aliphatic rings. The zero-order valence-corrected chi connectivity index (χ0v) is 12.4. The molecule has 0 saturated heterocycles. The molecule has 2 heterocycles. The lowest BCUT2D eigenvalue weighted by atomic mass is 10.1. The van der Waals surface area contributed by atoms with Gasteiger partial charge in [0.1, 0.15) is 17.2 Å². The molecule has 0 radical (unpaired) electrons. The number of hydrogen-bond donors (Lipinski definition) is 0. The molecule has 0 fully saturated rings. The van der Waals surface area contributed by atoms with Crippen molar-refractivity contribution in [2.24, 2.45) is 0 Å². The highest BCUT2D eigenvalue weighted by Crippen LogP contribution is 2.23. The zero-order valence-electron chi connectivity index (χ0n) is 11.6. The number of rotatable bonds is 4. The van der Waals surface area contributed by atoms with E-state index < -0.39 is 0 Å². The largest absolute Gasteiger partial charge is 0.311 e. The maximum Gasteiger partial charge on any atom is 0.160 e. The smallest absolute Gasteiger partial charge is 0.160 e. The summed E-state index contributed by atoms with van der Waals surface area (Å²) in [7, 11) is 0. The fourth-order valence-corrected chi connectivity index (χ4v) is 2.56. The molecule has 0 N–H and O–H groups in total. The highest BCUT2D eigenvalue weighted by atomic mass is 35.5. The maximum atomic E-state index is 12.9. The molecule has 0 bridgehead atoms. The molecular formula is C16H15ClFN3. The van der Waals surface area contributed by atoms with Crippen molar-refractivity contribution in [1.29, 1.82) is 0 Å². The Morgan fingerprint density at radius 1 is 1.24 bits per heavy atom. The lowest BCUT2D eigenvalue weighted by Crippen LogP contribution is -2.07. The SMILES string of the molecule is CC(Cl)c1nc2cccnc2n1CCc1ccc(F)cc1. The topological polar surface area (TPSA) is 30.7 Å². The summed E-state index contributed by atoms with van der Waals surface area (Å²) in [5.41, 5.74) is 2.75. The summed E-state index contributed by atoms with van der Waals surface area (Å²) < 4.78 is 15.0. The van der Waals surface area contributed by atoms with Gasteiger partial charge in [0.25, 0.3) is 0 Å². The van der Waals surface area contributed by atoms with Crippen LogP contribution in [-0.2, 0) is 13.0 Å². The van der Waals surface area contributed by atoms with Gasteiger partial charge in [0.2, 0.25) is 0 Å². The molecule has 2 aromatic heterocycles. The van der Waals surface area contributed by atoms with Crippen LogP contribution in [-0.4, -0.2) is 14.5 Å². The summed E-state index contributed by atoms with van der Waals surface area (Å²) in [6.07, 6.45) is 2.53. The summed E-state index contributed by atoms with van der Waals surface area (Å²) in [5.74, 6) is 0.594. The number of imidazole rings is 1. The Labute approximate surface area is 127 Å². The average molecular weight is 304 g/mol. The molecule has 3 aromatic rings. The molecule has 1 aromatic carbocycles. The highest BCUT2D eigenvalue weighted by Gasteiger charge is 2.15. The summed E-state index contributed by atoms with van der Waals surface area (Å²) in [4.78, 5) is 8.94. The van der Waals surface area contributed by atoms with Gasteiger partial charge in [0, 0.05) is 12.7 Å². The van der Waals surface area contributed by atoms with Gasteiger partial charge in [-0.05, 0) is 43.2 Å². The first-order valence-electron chi connectivity index (χ1n) is 6.85. The van der Waals surface area contributed by atoms with E-state index in [2.05, 4.69) is 9.97 Å². The maximum absolute atomic E-state index is 12.9. The summed E-state index contributed by atoms with van der Waals surface area (Å²) in [5, 5.41) is -0.188. The minimum Gasteiger partial charge on any atom is -0.311 e. The van der Waals surface area contributed by atoms with Crippen LogP contribution in [0, 0.1) is 5.82 Å². The van der Waals surface area contributed by atoms with E-state index in [9.17, 15) is 4.39 Å². The zero-order chi connectivity index (χ0) is 14.8. The Morgan fingerprint density at radius 2 is 2.00 bits per heavy atom. The van der Waals surface area contributed by atoms with Gasteiger partial charge < -0.3 is 4.57 Å². The summed E-state index contributed by atoms with van der Waals surface area (Å²) in [6.45, 7) is 2.61. The second-order valence-electron chi connectivity index (χ2n) is 4.96. The molecule has 0 spiro atoms. The highest BCUT2D eigenvalue weighted by molar-refractivity contribution is 6.20. The molecule has 0 aliphatic heterocycles. The van der Waals surface area contributed by atoms with Crippen LogP contribution in [0.3, 0.4) is 0 Å². The van der Waals surface area contributed by atoms with Gasteiger partial charge in [-0.3, -0.25) is 0 Å². The second kappa shape index (κ2) is 5.82. The minimum atomic E-state index is -0.219. The lowest BCUT2D eigenvalue weighted by Gasteiger charge is -2.10. The fourth-order valence-electron chi connectivity index (χ4n) is 2.39. The van der Waals surface area contributed by atoms with Crippen LogP contribution < -0.4 is 0 Å². The Morgan fingerprint density at radius 3 is 2.71 bits per heavy atom. The normalized spacial score (nSPS) is 12.7. The Balaban J connectivity index is 1.91. The van der Waals surface area contributed by atoms with E-state index in [1.807, 2.05) is 23.6 Å². The molecule has 0 amide bonds. The van der Waals surface area contributed by atoms with Gasteiger partial charge in [-0.1, -0.05) is 12.1 Å². The van der Waals surface area contributed by atoms with Gasteiger partial charge >= 0.3 is 0 Å². The summed E-state index contributed by atoms with van der Waals surface area (Å²) in [6, 6.07) is 10.3. The number of aryl methyl sites for hydroxylation is 2. The van der Waals surface area contributed by atoms with E-state index in [0.29, 0.717) is 6.54 Å². The van der Waals surface area contributed by atoms with Crippen molar-refractivity contribution in [1.82, 2.24) is 14.5 Å². The molecule has 21 heavy (non-hydrogen) atoms. The number of hydrogen-bond acceptors (Lipinski definition) is 2. The van der Waals surface area contributed by atoms with Crippen molar-refractivity contribution in [2.75, 3.05) is 0 Å². The van der Waals surface area contributed by atoms with Crippen LogP contribution in [0.4, 0.5) is 4.39 Å². The van der Waals surface area contributed by atoms with Crippen LogP contribution in [0.1, 0.15) is 23.7 Å². The first-order chi connectivity index (χ1) is 10.1. The van der Waals surface area contributed by atoms with Crippen LogP contribution in [0.5, 0.6) is 0 Å². The summed E-state index contributed by atoms with van der Waals surface area (Å²) >= 11 is 6.22. The van der Waals surface area contributed by atoms with Crippen molar-refractivity contribution in [2.45, 2.75) is 25.3 Å². The monoisotopic (exact) mass is 303 g/mol. The third kappa shape index (κ3) is 2.90. The predicted molar refractivity (Wildman–Crippen MR) is 81.9 cm³/mol. The van der Waals surface area contributed by atoms with Crippen LogP contribution in [0.15, 0.2) is 42.6 Å². The van der Waals surface area contributed by atoms with E-state index >= 15 is 0 Å². The van der Waals surface area contributed by atoms with Gasteiger partial charge in [0.05, 0.1) is 5.38 Å². The first kappa shape index (κ1) is 14.0. The van der Waals surface area contributed by atoms with Crippen LogP contribution in [0.25, 0.3) is 11.2 Å². The molecule has 3 nitrogen and oxygen atoms in total. The van der Waals surface area contributed by atoms with Gasteiger partial charge in [-0.15, -0.1) is 11.6 Å². The van der Waals surface area contributed by atoms with E-state index in [1.165, 1.54) is 12.1 Å². The number of pyridine rings is 1. The number of halogens is 2. The molecule has 108 valence electrons. The standard InChI is InChI=1S/C16H15ClFN3/c1-11(17)15-20-14-3-2-9-19-16(14)21(15)10-8-12-4-6-13(18)7-5-12/h2-7,9,11H,8,10H2,1H3. The van der Waals surface area contributed by atoms with E-state index in [0.717, 1.165) is 29.0 Å². The van der Waals surface area contributed by atoms with Crippen molar-refractivity contribution >= 4 is 22.8 Å². The molecule has 0 saturated carbocycles. The Hall–Kier alpha value is -1.94. The van der Waals surface area contributed by atoms with Crippen molar-refractivity contribution in [3.05, 3.63) is 59.8 Å². The van der Waals surface area contributed by atoms with E-state index in [1.54, 1.807) is 18.3 Å². The Kier molecular flexibility index (Phi) is 3.88. The second-order valence-corrected chi connectivity index (χ2v) is 5.61. The van der Waals surface area contributed by atoms with Crippen molar-refractivity contribution in [3.8, 4) is 0 Å². The van der Waals surface area contributed by atoms with E-state index in [4.69, 9.17) is 11.6 Å². The van der Waals surface area contributed by atoms with Crippen LogP contribution in [0.2, 0.25) is 0 Å². The first-order valence-corrected chi connectivity index (χ1v) is 7.28. The van der Waals surface area contributed by atoms with Gasteiger partial charge in [0.15, 0.2) is 5.65 Å².